The normalized spacial score (nSPS) is 15.8. The monoisotopic (exact) mass is 336 g/mol. The van der Waals surface area contributed by atoms with E-state index in [0.29, 0.717) is 5.56 Å². The molecule has 0 heterocycles. The van der Waals surface area contributed by atoms with E-state index in [9.17, 15) is 14.4 Å². The van der Waals surface area contributed by atoms with E-state index in [2.05, 4.69) is 0 Å². The lowest BCUT2D eigenvalue weighted by atomic mass is 9.81. The highest BCUT2D eigenvalue weighted by atomic mass is 16.6. The molecule has 0 radical (unpaired) electrons. The molecule has 0 saturated heterocycles. The van der Waals surface area contributed by atoms with E-state index < -0.39 is 23.1 Å². The lowest BCUT2D eigenvalue weighted by Crippen LogP contribution is -2.42. The summed E-state index contributed by atoms with van der Waals surface area (Å²) in [6, 6.07) is 13.7. The Morgan fingerprint density at radius 3 is 1.96 bits per heavy atom. The van der Waals surface area contributed by atoms with Crippen LogP contribution in [0.25, 0.3) is 0 Å². The van der Waals surface area contributed by atoms with Gasteiger partial charge in [0.1, 0.15) is 0 Å². The molecule has 0 bridgehead atoms. The fraction of sp³-hybridized carbons (Fsp3) is 0.286. The zero-order chi connectivity index (χ0) is 18.4. The minimum atomic E-state index is -1.93. The molecule has 0 atom stereocenters. The van der Waals surface area contributed by atoms with Crippen LogP contribution >= 0.6 is 0 Å². The van der Waals surface area contributed by atoms with Gasteiger partial charge in [0.25, 0.3) is 5.60 Å². The SMILES string of the molecule is CC(=O)OC1(c2cccc(C(C)(C)C)c2)C(=O)c2ccccc2C1=O. The van der Waals surface area contributed by atoms with Crippen molar-refractivity contribution in [3.05, 3.63) is 70.8 Å². The van der Waals surface area contributed by atoms with Crippen molar-refractivity contribution in [1.29, 1.82) is 0 Å². The van der Waals surface area contributed by atoms with E-state index in [1.165, 1.54) is 6.92 Å². The molecular formula is C21H20O4. The second-order valence-corrected chi connectivity index (χ2v) is 7.31. The van der Waals surface area contributed by atoms with Crippen molar-refractivity contribution in [3.8, 4) is 0 Å². The molecular weight excluding hydrogens is 316 g/mol. The van der Waals surface area contributed by atoms with Gasteiger partial charge in [-0.05, 0) is 11.0 Å². The fourth-order valence-corrected chi connectivity index (χ4v) is 3.20. The molecule has 0 amide bonds. The van der Waals surface area contributed by atoms with Crippen molar-refractivity contribution in [2.24, 2.45) is 0 Å². The van der Waals surface area contributed by atoms with Gasteiger partial charge in [-0.25, -0.2) is 0 Å². The standard InChI is InChI=1S/C21H20O4/c1-13(22)25-21(15-9-7-8-14(12-15)20(2,3)4)18(23)16-10-5-6-11-17(16)19(21)24/h5-12H,1-4H3. The number of ketones is 2. The average molecular weight is 336 g/mol. The Hall–Kier alpha value is -2.75. The molecule has 4 heteroatoms. The van der Waals surface area contributed by atoms with E-state index >= 15 is 0 Å². The largest absolute Gasteiger partial charge is 0.437 e. The first-order valence-corrected chi connectivity index (χ1v) is 8.17. The molecule has 25 heavy (non-hydrogen) atoms. The molecule has 0 N–H and O–H groups in total. The number of hydrogen-bond acceptors (Lipinski definition) is 4. The topological polar surface area (TPSA) is 60.4 Å². The van der Waals surface area contributed by atoms with Crippen LogP contribution in [-0.4, -0.2) is 17.5 Å². The van der Waals surface area contributed by atoms with Gasteiger partial charge in [0, 0.05) is 23.6 Å². The highest BCUT2D eigenvalue weighted by Gasteiger charge is 2.57. The Balaban J connectivity index is 2.26. The predicted molar refractivity (Wildman–Crippen MR) is 93.7 cm³/mol. The van der Waals surface area contributed by atoms with Gasteiger partial charge in [0.05, 0.1) is 0 Å². The molecule has 128 valence electrons. The number of ether oxygens (including phenoxy) is 1. The van der Waals surface area contributed by atoms with Crippen molar-refractivity contribution in [1.82, 2.24) is 0 Å². The van der Waals surface area contributed by atoms with E-state index in [4.69, 9.17) is 4.74 Å². The van der Waals surface area contributed by atoms with Gasteiger partial charge in [-0.2, -0.15) is 0 Å². The number of hydrogen-bond donors (Lipinski definition) is 0. The third-order valence-corrected chi connectivity index (χ3v) is 4.49. The predicted octanol–water partition coefficient (Wildman–Crippen LogP) is 3.82. The van der Waals surface area contributed by atoms with Gasteiger partial charge in [-0.3, -0.25) is 14.4 Å². The second-order valence-electron chi connectivity index (χ2n) is 7.31. The smallest absolute Gasteiger partial charge is 0.304 e. The molecule has 0 aliphatic heterocycles. The van der Waals surface area contributed by atoms with Crippen LogP contribution in [0.2, 0.25) is 0 Å². The van der Waals surface area contributed by atoms with Gasteiger partial charge in [0.2, 0.25) is 11.6 Å². The van der Waals surface area contributed by atoms with Crippen LogP contribution in [0.3, 0.4) is 0 Å². The minimum Gasteiger partial charge on any atom is -0.437 e. The van der Waals surface area contributed by atoms with Gasteiger partial charge in [-0.15, -0.1) is 0 Å². The van der Waals surface area contributed by atoms with Crippen LogP contribution in [-0.2, 0) is 20.5 Å². The molecule has 0 aromatic heterocycles. The van der Waals surface area contributed by atoms with Crippen molar-refractivity contribution in [3.63, 3.8) is 0 Å². The summed E-state index contributed by atoms with van der Waals surface area (Å²) in [6.45, 7) is 7.33. The molecule has 0 fully saturated rings. The van der Waals surface area contributed by atoms with Gasteiger partial charge < -0.3 is 4.74 Å². The molecule has 1 aliphatic rings. The summed E-state index contributed by atoms with van der Waals surface area (Å²) >= 11 is 0. The Morgan fingerprint density at radius 1 is 0.920 bits per heavy atom. The molecule has 3 rings (SSSR count). The highest BCUT2D eigenvalue weighted by Crippen LogP contribution is 2.42. The van der Waals surface area contributed by atoms with E-state index in [1.807, 2.05) is 26.8 Å². The molecule has 1 aliphatic carbocycles. The number of Topliss-reactive ketones (excluding diaryl/α,β-unsaturated/α-hetero) is 2. The highest BCUT2D eigenvalue weighted by molar-refractivity contribution is 6.32. The van der Waals surface area contributed by atoms with E-state index in [0.717, 1.165) is 5.56 Å². The van der Waals surface area contributed by atoms with E-state index in [-0.39, 0.29) is 16.5 Å². The first-order valence-electron chi connectivity index (χ1n) is 8.17. The summed E-state index contributed by atoms with van der Waals surface area (Å²) in [6.07, 6.45) is 0. The first-order chi connectivity index (χ1) is 11.7. The number of esters is 1. The molecule has 2 aromatic rings. The summed E-state index contributed by atoms with van der Waals surface area (Å²) in [7, 11) is 0. The first kappa shape index (κ1) is 17.1. The van der Waals surface area contributed by atoms with Crippen molar-refractivity contribution >= 4 is 17.5 Å². The summed E-state index contributed by atoms with van der Waals surface area (Å²) in [5, 5.41) is 0. The van der Waals surface area contributed by atoms with Gasteiger partial charge >= 0.3 is 5.97 Å². The molecule has 2 aromatic carbocycles. The molecule has 0 saturated carbocycles. The minimum absolute atomic E-state index is 0.176. The van der Waals surface area contributed by atoms with Crippen molar-refractivity contribution in [2.75, 3.05) is 0 Å². The van der Waals surface area contributed by atoms with Gasteiger partial charge in [0.15, 0.2) is 0 Å². The van der Waals surface area contributed by atoms with Crippen molar-refractivity contribution in [2.45, 2.75) is 38.7 Å². The van der Waals surface area contributed by atoms with Crippen LogP contribution in [0, 0.1) is 0 Å². The maximum absolute atomic E-state index is 13.1. The zero-order valence-electron chi connectivity index (χ0n) is 14.8. The van der Waals surface area contributed by atoms with Crippen LogP contribution in [0.15, 0.2) is 48.5 Å². The molecule has 4 nitrogen and oxygen atoms in total. The molecule has 0 unspecified atom stereocenters. The summed E-state index contributed by atoms with van der Waals surface area (Å²) in [5.74, 6) is -1.65. The summed E-state index contributed by atoms with van der Waals surface area (Å²) in [4.78, 5) is 38.0. The maximum atomic E-state index is 13.1. The number of carbonyl (C=O) groups excluding carboxylic acids is 3. The Labute approximate surface area is 146 Å². The van der Waals surface area contributed by atoms with Gasteiger partial charge in [-0.1, -0.05) is 69.3 Å². The van der Waals surface area contributed by atoms with Crippen LogP contribution in [0.5, 0.6) is 0 Å². The maximum Gasteiger partial charge on any atom is 0.304 e. The number of benzene rings is 2. The molecule has 0 spiro atoms. The fourth-order valence-electron chi connectivity index (χ4n) is 3.20. The average Bonchev–Trinajstić information content (AvgIpc) is 2.77. The summed E-state index contributed by atoms with van der Waals surface area (Å²) < 4.78 is 5.42. The van der Waals surface area contributed by atoms with Crippen molar-refractivity contribution < 1.29 is 19.1 Å². The quantitative estimate of drug-likeness (QED) is 0.618. The van der Waals surface area contributed by atoms with Crippen LogP contribution in [0.4, 0.5) is 0 Å². The third-order valence-electron chi connectivity index (χ3n) is 4.49. The Bertz CT molecular complexity index is 852. The number of rotatable bonds is 2. The second kappa shape index (κ2) is 5.66. The zero-order valence-corrected chi connectivity index (χ0v) is 14.8. The Morgan fingerprint density at radius 2 is 1.48 bits per heavy atom. The number of carbonyl (C=O) groups is 3. The van der Waals surface area contributed by atoms with E-state index in [1.54, 1.807) is 42.5 Å². The third kappa shape index (κ3) is 2.58. The lowest BCUT2D eigenvalue weighted by molar-refractivity contribution is -0.149. The van der Waals surface area contributed by atoms with Crippen LogP contribution in [0.1, 0.15) is 59.5 Å². The summed E-state index contributed by atoms with van der Waals surface area (Å²) in [5.41, 5.74) is -0.193. The number of fused-ring (bicyclic) bond motifs is 1. The Kier molecular flexibility index (Phi) is 3.87. The lowest BCUT2D eigenvalue weighted by Gasteiger charge is -2.28. The van der Waals surface area contributed by atoms with Crippen LogP contribution < -0.4 is 0 Å².